The fourth-order valence-corrected chi connectivity index (χ4v) is 3.96. The van der Waals surface area contributed by atoms with E-state index in [0.29, 0.717) is 17.4 Å². The summed E-state index contributed by atoms with van der Waals surface area (Å²) in [5, 5.41) is 3.66. The van der Waals surface area contributed by atoms with E-state index in [0.717, 1.165) is 43.1 Å². The SMILES string of the molecule is Cl.Nc1ccc(CC(=O)Nc2cccc(CSC3CCOCC3)c2)cc1. The van der Waals surface area contributed by atoms with E-state index < -0.39 is 0 Å². The van der Waals surface area contributed by atoms with Crippen molar-refractivity contribution in [2.45, 2.75) is 30.3 Å². The number of rotatable bonds is 6. The number of carbonyl (C=O) groups is 1. The van der Waals surface area contributed by atoms with Crippen LogP contribution in [-0.2, 0) is 21.7 Å². The van der Waals surface area contributed by atoms with Crippen LogP contribution in [0.3, 0.4) is 0 Å². The predicted octanol–water partition coefficient (Wildman–Crippen LogP) is 4.28. The maximum atomic E-state index is 12.2. The number of hydrogen-bond acceptors (Lipinski definition) is 4. The first kappa shape index (κ1) is 20.6. The molecule has 0 radical (unpaired) electrons. The molecule has 4 nitrogen and oxygen atoms in total. The third kappa shape index (κ3) is 6.56. The summed E-state index contributed by atoms with van der Waals surface area (Å²) in [6.45, 7) is 1.75. The van der Waals surface area contributed by atoms with Crippen LogP contribution in [-0.4, -0.2) is 24.4 Å². The summed E-state index contributed by atoms with van der Waals surface area (Å²) in [5.41, 5.74) is 9.42. The zero-order valence-electron chi connectivity index (χ0n) is 14.6. The lowest BCUT2D eigenvalue weighted by molar-refractivity contribution is -0.115. The van der Waals surface area contributed by atoms with Crippen LogP contribution in [0, 0.1) is 0 Å². The molecule has 26 heavy (non-hydrogen) atoms. The van der Waals surface area contributed by atoms with Crippen molar-refractivity contribution >= 4 is 41.5 Å². The van der Waals surface area contributed by atoms with Crippen LogP contribution >= 0.6 is 24.2 Å². The largest absolute Gasteiger partial charge is 0.399 e. The summed E-state index contributed by atoms with van der Waals surface area (Å²) >= 11 is 1.98. The number of ether oxygens (including phenoxy) is 1. The molecular formula is C20H25ClN2O2S. The van der Waals surface area contributed by atoms with Gasteiger partial charge in [-0.2, -0.15) is 11.8 Å². The van der Waals surface area contributed by atoms with Crippen LogP contribution < -0.4 is 11.1 Å². The van der Waals surface area contributed by atoms with Gasteiger partial charge in [0.05, 0.1) is 6.42 Å². The van der Waals surface area contributed by atoms with E-state index in [1.807, 2.05) is 48.2 Å². The van der Waals surface area contributed by atoms with Crippen molar-refractivity contribution in [3.63, 3.8) is 0 Å². The minimum absolute atomic E-state index is 0. The van der Waals surface area contributed by atoms with Crippen molar-refractivity contribution in [2.24, 2.45) is 0 Å². The number of benzene rings is 2. The van der Waals surface area contributed by atoms with E-state index in [4.69, 9.17) is 10.5 Å². The van der Waals surface area contributed by atoms with Gasteiger partial charge in [-0.25, -0.2) is 0 Å². The molecule has 1 fully saturated rings. The molecule has 140 valence electrons. The highest BCUT2D eigenvalue weighted by Crippen LogP contribution is 2.26. The van der Waals surface area contributed by atoms with Gasteiger partial charge in [0.1, 0.15) is 0 Å². The third-order valence-electron chi connectivity index (χ3n) is 4.21. The highest BCUT2D eigenvalue weighted by molar-refractivity contribution is 7.99. The van der Waals surface area contributed by atoms with Crippen LogP contribution in [0.4, 0.5) is 11.4 Å². The lowest BCUT2D eigenvalue weighted by atomic mass is 10.1. The monoisotopic (exact) mass is 392 g/mol. The van der Waals surface area contributed by atoms with Crippen molar-refractivity contribution in [2.75, 3.05) is 24.3 Å². The van der Waals surface area contributed by atoms with Gasteiger partial charge in [-0.1, -0.05) is 24.3 Å². The number of nitrogens with one attached hydrogen (secondary N) is 1. The molecule has 1 amide bonds. The highest BCUT2D eigenvalue weighted by Gasteiger charge is 2.14. The van der Waals surface area contributed by atoms with E-state index in [-0.39, 0.29) is 18.3 Å². The Morgan fingerprint density at radius 2 is 1.85 bits per heavy atom. The molecule has 0 aliphatic carbocycles. The number of anilines is 2. The Morgan fingerprint density at radius 3 is 2.58 bits per heavy atom. The molecule has 0 spiro atoms. The quantitative estimate of drug-likeness (QED) is 0.720. The maximum Gasteiger partial charge on any atom is 0.228 e. The van der Waals surface area contributed by atoms with Gasteiger partial charge in [-0.3, -0.25) is 4.79 Å². The molecule has 3 rings (SSSR count). The summed E-state index contributed by atoms with van der Waals surface area (Å²) in [7, 11) is 0. The van der Waals surface area contributed by atoms with Gasteiger partial charge in [-0.15, -0.1) is 12.4 Å². The summed E-state index contributed by atoms with van der Waals surface area (Å²) in [6, 6.07) is 15.5. The van der Waals surface area contributed by atoms with Gasteiger partial charge in [0, 0.05) is 35.6 Å². The van der Waals surface area contributed by atoms with Crippen LogP contribution in [0.15, 0.2) is 48.5 Å². The molecule has 0 saturated carbocycles. The minimum Gasteiger partial charge on any atom is -0.399 e. The van der Waals surface area contributed by atoms with Crippen LogP contribution in [0.25, 0.3) is 0 Å². The molecule has 3 N–H and O–H groups in total. The molecule has 2 aromatic rings. The predicted molar refractivity (Wildman–Crippen MR) is 112 cm³/mol. The molecule has 1 saturated heterocycles. The standard InChI is InChI=1S/C20H24N2O2S.ClH/c21-17-6-4-15(5-7-17)13-20(23)22-18-3-1-2-16(12-18)14-25-19-8-10-24-11-9-19;/h1-7,12,19H,8-11,13-14,21H2,(H,22,23);1H. The van der Waals surface area contributed by atoms with Crippen LogP contribution in [0.5, 0.6) is 0 Å². The molecule has 6 heteroatoms. The van der Waals surface area contributed by atoms with Crippen molar-refractivity contribution < 1.29 is 9.53 Å². The van der Waals surface area contributed by atoms with Crippen molar-refractivity contribution in [1.82, 2.24) is 0 Å². The lowest BCUT2D eigenvalue weighted by Gasteiger charge is -2.21. The number of halogens is 1. The van der Waals surface area contributed by atoms with Gasteiger partial charge in [0.2, 0.25) is 5.91 Å². The Labute approximate surface area is 165 Å². The number of hydrogen-bond donors (Lipinski definition) is 2. The lowest BCUT2D eigenvalue weighted by Crippen LogP contribution is -2.17. The first-order valence-electron chi connectivity index (χ1n) is 8.61. The number of carbonyl (C=O) groups excluding carboxylic acids is 1. The Hall–Kier alpha value is -1.69. The molecule has 0 aromatic heterocycles. The number of nitrogen functional groups attached to an aromatic ring is 1. The number of amides is 1. The van der Waals surface area contributed by atoms with Gasteiger partial charge in [0.15, 0.2) is 0 Å². The Balaban J connectivity index is 0.00000243. The average molecular weight is 393 g/mol. The molecule has 1 aliphatic rings. The highest BCUT2D eigenvalue weighted by atomic mass is 35.5. The number of nitrogens with two attached hydrogens (primary N) is 1. The second kappa shape index (κ2) is 10.5. The fraction of sp³-hybridized carbons (Fsp3) is 0.350. The second-order valence-corrected chi connectivity index (χ2v) is 7.58. The van der Waals surface area contributed by atoms with Gasteiger partial charge < -0.3 is 15.8 Å². The molecule has 0 unspecified atom stereocenters. The normalized spacial score (nSPS) is 14.5. The Morgan fingerprint density at radius 1 is 1.12 bits per heavy atom. The molecular weight excluding hydrogens is 368 g/mol. The molecule has 0 bridgehead atoms. The summed E-state index contributed by atoms with van der Waals surface area (Å²) in [5.74, 6) is 0.950. The first-order chi connectivity index (χ1) is 12.2. The zero-order chi connectivity index (χ0) is 17.5. The minimum atomic E-state index is -0.0148. The topological polar surface area (TPSA) is 64.4 Å². The van der Waals surface area contributed by atoms with Gasteiger partial charge >= 0.3 is 0 Å². The first-order valence-corrected chi connectivity index (χ1v) is 9.66. The third-order valence-corrected chi connectivity index (χ3v) is 5.65. The van der Waals surface area contributed by atoms with E-state index in [1.54, 1.807) is 0 Å². The van der Waals surface area contributed by atoms with Crippen molar-refractivity contribution in [3.8, 4) is 0 Å². The van der Waals surface area contributed by atoms with Gasteiger partial charge in [-0.05, 0) is 48.2 Å². The fourth-order valence-electron chi connectivity index (χ4n) is 2.82. The van der Waals surface area contributed by atoms with Crippen LogP contribution in [0.2, 0.25) is 0 Å². The molecule has 0 atom stereocenters. The maximum absolute atomic E-state index is 12.2. The Kier molecular flexibility index (Phi) is 8.29. The average Bonchev–Trinajstić information content (AvgIpc) is 2.63. The van der Waals surface area contributed by atoms with E-state index in [9.17, 15) is 4.79 Å². The summed E-state index contributed by atoms with van der Waals surface area (Å²) < 4.78 is 5.40. The summed E-state index contributed by atoms with van der Waals surface area (Å²) in [6.07, 6.45) is 2.60. The van der Waals surface area contributed by atoms with E-state index in [1.165, 1.54) is 5.56 Å². The van der Waals surface area contributed by atoms with Crippen molar-refractivity contribution in [1.29, 1.82) is 0 Å². The van der Waals surface area contributed by atoms with Crippen molar-refractivity contribution in [3.05, 3.63) is 59.7 Å². The molecule has 1 heterocycles. The number of thioether (sulfide) groups is 1. The Bertz CT molecular complexity index is 703. The summed E-state index contributed by atoms with van der Waals surface area (Å²) in [4.78, 5) is 12.2. The zero-order valence-corrected chi connectivity index (χ0v) is 16.3. The van der Waals surface area contributed by atoms with E-state index in [2.05, 4.69) is 17.4 Å². The molecule has 1 aliphatic heterocycles. The molecule has 2 aromatic carbocycles. The second-order valence-electron chi connectivity index (χ2n) is 6.29. The van der Waals surface area contributed by atoms with Gasteiger partial charge in [0.25, 0.3) is 0 Å². The van der Waals surface area contributed by atoms with E-state index >= 15 is 0 Å². The van der Waals surface area contributed by atoms with Crippen LogP contribution in [0.1, 0.15) is 24.0 Å². The smallest absolute Gasteiger partial charge is 0.228 e.